The molecule has 0 N–H and O–H groups in total. The Bertz CT molecular complexity index is 538. The molecule has 0 spiro atoms. The summed E-state index contributed by atoms with van der Waals surface area (Å²) in [5, 5.41) is 0. The molecule has 2 atom stereocenters. The highest BCUT2D eigenvalue weighted by atomic mass is 19.4. The number of carbonyl (C=O) groups is 2. The Morgan fingerprint density at radius 1 is 1.00 bits per heavy atom. The lowest BCUT2D eigenvalue weighted by Gasteiger charge is -2.30. The SMILES string of the molecule is CC(C)(C)C(=O)C1(F)CC1CC(C)(C)C(=O)C1(C(F)(F)F)CC1. The van der Waals surface area contributed by atoms with Gasteiger partial charge < -0.3 is 0 Å². The molecular weight excluding hydrogens is 312 g/mol. The van der Waals surface area contributed by atoms with Gasteiger partial charge in [0.05, 0.1) is 0 Å². The van der Waals surface area contributed by atoms with E-state index in [-0.39, 0.29) is 25.7 Å². The predicted octanol–water partition coefficient (Wildman–Crippen LogP) is 4.66. The highest BCUT2D eigenvalue weighted by molar-refractivity contribution is 5.96. The van der Waals surface area contributed by atoms with Crippen LogP contribution >= 0.6 is 0 Å². The standard InChI is InChI=1S/C17H24F4O2/c1-13(2,3)11(22)16(18)9-10(16)8-14(4,5)12(23)15(6-7-15)17(19,20)21/h10H,6-9H2,1-5H3. The van der Waals surface area contributed by atoms with Crippen LogP contribution in [0.25, 0.3) is 0 Å². The second kappa shape index (κ2) is 4.79. The lowest BCUT2D eigenvalue weighted by molar-refractivity contribution is -0.196. The van der Waals surface area contributed by atoms with E-state index in [1.54, 1.807) is 20.8 Å². The zero-order valence-corrected chi connectivity index (χ0v) is 14.2. The molecule has 0 bridgehead atoms. The third kappa shape index (κ3) is 2.93. The Morgan fingerprint density at radius 2 is 1.48 bits per heavy atom. The summed E-state index contributed by atoms with van der Waals surface area (Å²) in [4.78, 5) is 24.6. The van der Waals surface area contributed by atoms with Gasteiger partial charge in [-0.2, -0.15) is 13.2 Å². The number of halogens is 4. The smallest absolute Gasteiger partial charge is 0.298 e. The molecule has 2 unspecified atom stereocenters. The zero-order valence-electron chi connectivity index (χ0n) is 14.2. The summed E-state index contributed by atoms with van der Waals surface area (Å²) in [5.41, 5.74) is -6.38. The molecule has 23 heavy (non-hydrogen) atoms. The van der Waals surface area contributed by atoms with E-state index in [2.05, 4.69) is 0 Å². The van der Waals surface area contributed by atoms with E-state index in [9.17, 15) is 27.2 Å². The van der Waals surface area contributed by atoms with Gasteiger partial charge in [0.1, 0.15) is 5.41 Å². The van der Waals surface area contributed by atoms with Gasteiger partial charge in [0.15, 0.2) is 17.2 Å². The Labute approximate surface area is 134 Å². The summed E-state index contributed by atoms with van der Waals surface area (Å²) in [6, 6.07) is 0. The average Bonchev–Trinajstić information content (AvgIpc) is 3.23. The van der Waals surface area contributed by atoms with Crippen LogP contribution < -0.4 is 0 Å². The molecule has 132 valence electrons. The minimum Gasteiger partial charge on any atom is -0.298 e. The van der Waals surface area contributed by atoms with E-state index in [0.717, 1.165) is 0 Å². The number of hydrogen-bond acceptors (Lipinski definition) is 2. The first kappa shape index (κ1) is 18.4. The Hall–Kier alpha value is -0.940. The van der Waals surface area contributed by atoms with Gasteiger partial charge in [-0.05, 0) is 25.7 Å². The average molecular weight is 336 g/mol. The second-order valence-corrected chi connectivity index (χ2v) is 8.84. The highest BCUT2D eigenvalue weighted by Gasteiger charge is 2.71. The summed E-state index contributed by atoms with van der Waals surface area (Å²) in [5.74, 6) is -2.07. The molecule has 0 amide bonds. The molecule has 2 aliphatic carbocycles. The summed E-state index contributed by atoms with van der Waals surface area (Å²) < 4.78 is 54.1. The van der Waals surface area contributed by atoms with Gasteiger partial charge in [0.25, 0.3) is 0 Å². The van der Waals surface area contributed by atoms with Crippen LogP contribution in [0, 0.1) is 22.2 Å². The summed E-state index contributed by atoms with van der Waals surface area (Å²) in [6.45, 7) is 7.71. The van der Waals surface area contributed by atoms with Gasteiger partial charge in [0, 0.05) is 16.7 Å². The van der Waals surface area contributed by atoms with Gasteiger partial charge in [0.2, 0.25) is 0 Å². The van der Waals surface area contributed by atoms with Crippen LogP contribution in [0.4, 0.5) is 17.6 Å². The molecule has 0 aliphatic heterocycles. The Kier molecular flexibility index (Phi) is 3.83. The maximum Gasteiger partial charge on any atom is 0.401 e. The summed E-state index contributed by atoms with van der Waals surface area (Å²) in [7, 11) is 0. The van der Waals surface area contributed by atoms with Crippen LogP contribution in [-0.4, -0.2) is 23.4 Å². The molecule has 2 aliphatic rings. The number of rotatable bonds is 5. The molecule has 0 aromatic heterocycles. The number of hydrogen-bond donors (Lipinski definition) is 0. The number of carbonyl (C=O) groups excluding carboxylic acids is 2. The van der Waals surface area contributed by atoms with Crippen molar-refractivity contribution in [2.75, 3.05) is 0 Å². The summed E-state index contributed by atoms with van der Waals surface area (Å²) >= 11 is 0. The minimum absolute atomic E-state index is 0.00116. The molecule has 0 heterocycles. The molecule has 0 radical (unpaired) electrons. The Balaban J connectivity index is 2.10. The van der Waals surface area contributed by atoms with Crippen LogP contribution in [-0.2, 0) is 9.59 Å². The van der Waals surface area contributed by atoms with Crippen LogP contribution in [0.5, 0.6) is 0 Å². The van der Waals surface area contributed by atoms with Crippen molar-refractivity contribution in [2.45, 2.75) is 72.1 Å². The number of alkyl halides is 4. The predicted molar refractivity (Wildman–Crippen MR) is 77.5 cm³/mol. The van der Waals surface area contributed by atoms with Crippen molar-refractivity contribution < 1.29 is 27.2 Å². The van der Waals surface area contributed by atoms with Gasteiger partial charge in [-0.3, -0.25) is 9.59 Å². The fourth-order valence-corrected chi connectivity index (χ4v) is 3.56. The van der Waals surface area contributed by atoms with Crippen LogP contribution in [0.2, 0.25) is 0 Å². The maximum atomic E-state index is 14.7. The van der Waals surface area contributed by atoms with Gasteiger partial charge in [-0.15, -0.1) is 0 Å². The fraction of sp³-hybridized carbons (Fsp3) is 0.882. The van der Waals surface area contributed by atoms with Crippen molar-refractivity contribution in [3.63, 3.8) is 0 Å². The lowest BCUT2D eigenvalue weighted by atomic mass is 9.74. The number of ketones is 2. The third-order valence-corrected chi connectivity index (χ3v) is 5.19. The van der Waals surface area contributed by atoms with Crippen LogP contribution in [0.1, 0.15) is 60.3 Å². The van der Waals surface area contributed by atoms with E-state index in [1.807, 2.05) is 0 Å². The van der Waals surface area contributed by atoms with Gasteiger partial charge in [-0.25, -0.2) is 4.39 Å². The maximum absolute atomic E-state index is 14.7. The molecular formula is C17H24F4O2. The van der Waals surface area contributed by atoms with E-state index in [1.165, 1.54) is 13.8 Å². The normalized spacial score (nSPS) is 30.0. The zero-order chi connectivity index (χ0) is 18.1. The fourth-order valence-electron chi connectivity index (χ4n) is 3.56. The Morgan fingerprint density at radius 3 is 1.83 bits per heavy atom. The molecule has 2 fully saturated rings. The van der Waals surface area contributed by atoms with E-state index < -0.39 is 45.6 Å². The van der Waals surface area contributed by atoms with E-state index in [0.29, 0.717) is 0 Å². The van der Waals surface area contributed by atoms with Gasteiger partial charge in [-0.1, -0.05) is 34.6 Å². The van der Waals surface area contributed by atoms with Crippen molar-refractivity contribution in [1.29, 1.82) is 0 Å². The minimum atomic E-state index is -4.56. The molecule has 6 heteroatoms. The van der Waals surface area contributed by atoms with E-state index >= 15 is 0 Å². The monoisotopic (exact) mass is 336 g/mol. The van der Waals surface area contributed by atoms with Crippen molar-refractivity contribution in [3.05, 3.63) is 0 Å². The topological polar surface area (TPSA) is 34.1 Å². The molecule has 0 saturated heterocycles. The molecule has 0 aromatic carbocycles. The molecule has 2 rings (SSSR count). The first-order valence-corrected chi connectivity index (χ1v) is 7.93. The lowest BCUT2D eigenvalue weighted by Crippen LogP contribution is -2.42. The quantitative estimate of drug-likeness (QED) is 0.685. The van der Waals surface area contributed by atoms with Crippen molar-refractivity contribution in [1.82, 2.24) is 0 Å². The third-order valence-electron chi connectivity index (χ3n) is 5.19. The second-order valence-electron chi connectivity index (χ2n) is 8.84. The van der Waals surface area contributed by atoms with Crippen LogP contribution in [0.15, 0.2) is 0 Å². The number of Topliss-reactive ketones (excluding diaryl/α,β-unsaturated/α-hetero) is 2. The van der Waals surface area contributed by atoms with Crippen molar-refractivity contribution in [3.8, 4) is 0 Å². The first-order chi connectivity index (χ1) is 10.1. The highest BCUT2D eigenvalue weighted by Crippen LogP contribution is 2.63. The van der Waals surface area contributed by atoms with Gasteiger partial charge >= 0.3 is 6.18 Å². The van der Waals surface area contributed by atoms with Crippen molar-refractivity contribution >= 4 is 11.6 Å². The largest absolute Gasteiger partial charge is 0.401 e. The summed E-state index contributed by atoms with van der Waals surface area (Å²) in [6.07, 6.45) is -4.96. The molecule has 2 nitrogen and oxygen atoms in total. The first-order valence-electron chi connectivity index (χ1n) is 7.93. The van der Waals surface area contributed by atoms with Crippen molar-refractivity contribution in [2.24, 2.45) is 22.2 Å². The van der Waals surface area contributed by atoms with E-state index in [4.69, 9.17) is 0 Å². The molecule has 0 aromatic rings. The van der Waals surface area contributed by atoms with Crippen LogP contribution in [0.3, 0.4) is 0 Å². The molecule has 2 saturated carbocycles.